The molecule has 0 aliphatic heterocycles. The average molecular weight is 1440 g/mol. The highest BCUT2D eigenvalue weighted by Gasteiger charge is 2.31. The van der Waals surface area contributed by atoms with Crippen LogP contribution < -0.4 is 53.6 Å². The van der Waals surface area contributed by atoms with Gasteiger partial charge in [0.05, 0.1) is 0 Å². The summed E-state index contributed by atoms with van der Waals surface area (Å²) < 4.78 is 21.7. The zero-order valence-corrected chi connectivity index (χ0v) is 66.2. The first-order valence-corrected chi connectivity index (χ1v) is 39.6. The molecule has 0 aliphatic rings. The molecule has 0 heterocycles. The van der Waals surface area contributed by atoms with Crippen molar-refractivity contribution in [2.45, 2.75) is 369 Å². The van der Waals surface area contributed by atoms with Gasteiger partial charge in [-0.25, -0.2) is 19.2 Å². The monoisotopic (exact) mass is 1440 g/mol. The molecule has 0 bridgehead atoms. The maximum Gasteiger partial charge on any atom is 0.408 e. The Morgan fingerprint density at radius 1 is 0.287 bits per heavy atom. The Morgan fingerprint density at radius 2 is 0.545 bits per heavy atom. The molecule has 0 aromatic rings. The lowest BCUT2D eigenvalue weighted by Gasteiger charge is -2.26. The maximum absolute atomic E-state index is 14.5. The first-order valence-electron chi connectivity index (χ1n) is 39.6. The van der Waals surface area contributed by atoms with E-state index in [0.29, 0.717) is 64.5 Å². The highest BCUT2D eigenvalue weighted by atomic mass is 16.6. The van der Waals surface area contributed by atoms with E-state index in [0.717, 1.165) is 44.9 Å². The molecule has 0 spiro atoms. The van der Waals surface area contributed by atoms with Crippen molar-refractivity contribution in [3.63, 3.8) is 0 Å². The first-order chi connectivity index (χ1) is 47.8. The van der Waals surface area contributed by atoms with Crippen LogP contribution in [0.5, 0.6) is 0 Å². The van der Waals surface area contributed by atoms with E-state index in [4.69, 9.17) is 24.7 Å². The van der Waals surface area contributed by atoms with Crippen molar-refractivity contribution in [1.82, 2.24) is 52.8 Å². The van der Waals surface area contributed by atoms with Crippen LogP contribution in [0.15, 0.2) is 0 Å². The number of ether oxygens (including phenoxy) is 4. The van der Waals surface area contributed by atoms with Crippen LogP contribution >= 0.6 is 0 Å². The van der Waals surface area contributed by atoms with Crippen molar-refractivity contribution in [1.29, 1.82) is 0 Å². The molecule has 9 amide bonds. The molecule has 0 radical (unpaired) electrons. The second-order valence-corrected chi connectivity index (χ2v) is 31.4. The third-order valence-corrected chi connectivity index (χ3v) is 16.8. The molecule has 0 aromatic heterocycles. The lowest BCUT2D eigenvalue weighted by atomic mass is 9.97. The second-order valence-electron chi connectivity index (χ2n) is 31.4. The number of alkyl carbamates (subject to hydrolysis) is 4. The van der Waals surface area contributed by atoms with Crippen LogP contribution in [0.1, 0.15) is 328 Å². The number of nitrogens with two attached hydrogens (primary N) is 1. The predicted octanol–water partition coefficient (Wildman–Crippen LogP) is 13.7. The molecule has 0 fully saturated rings. The van der Waals surface area contributed by atoms with Gasteiger partial charge < -0.3 is 72.5 Å². The van der Waals surface area contributed by atoms with Crippen molar-refractivity contribution < 1.29 is 62.1 Å². The fourth-order valence-corrected chi connectivity index (χ4v) is 11.4. The van der Waals surface area contributed by atoms with Crippen LogP contribution in [0.4, 0.5) is 19.2 Å². The van der Waals surface area contributed by atoms with Crippen molar-refractivity contribution in [3.05, 3.63) is 0 Å². The summed E-state index contributed by atoms with van der Waals surface area (Å²) in [7, 11) is 0. The second kappa shape index (κ2) is 57.7. The Bertz CT molecular complexity index is 2140. The molecule has 0 saturated carbocycles. The summed E-state index contributed by atoms with van der Waals surface area (Å²) >= 11 is 0. The van der Waals surface area contributed by atoms with Crippen molar-refractivity contribution in [3.8, 4) is 0 Å². The van der Waals surface area contributed by atoms with E-state index >= 15 is 0 Å². The van der Waals surface area contributed by atoms with Crippen molar-refractivity contribution >= 4 is 53.9 Å². The van der Waals surface area contributed by atoms with Crippen LogP contribution in [-0.4, -0.2) is 165 Å². The van der Waals surface area contributed by atoms with Crippen LogP contribution in [0.3, 0.4) is 0 Å². The summed E-state index contributed by atoms with van der Waals surface area (Å²) in [6.45, 7) is 27.7. The van der Waals surface area contributed by atoms with Gasteiger partial charge in [-0.2, -0.15) is 0 Å². The lowest BCUT2D eigenvalue weighted by Crippen LogP contribution is -2.52. The number of carbonyl (C=O) groups excluding carboxylic acids is 9. The molecule has 101 heavy (non-hydrogen) atoms. The van der Waals surface area contributed by atoms with Gasteiger partial charge in [0.15, 0.2) is 0 Å². The van der Waals surface area contributed by atoms with Crippen LogP contribution in [0.25, 0.3) is 0 Å². The summed E-state index contributed by atoms with van der Waals surface area (Å²) in [5.74, 6) is -3.32. The van der Waals surface area contributed by atoms with Gasteiger partial charge in [-0.3, -0.25) is 28.9 Å². The predicted molar refractivity (Wildman–Crippen MR) is 405 cm³/mol. The molecule has 24 heteroatoms. The van der Waals surface area contributed by atoms with Crippen LogP contribution in [0, 0.1) is 5.92 Å². The highest BCUT2D eigenvalue weighted by Crippen LogP contribution is 2.19. The first kappa shape index (κ1) is 95.3. The fourth-order valence-electron chi connectivity index (χ4n) is 11.4. The third kappa shape index (κ3) is 59.4. The summed E-state index contributed by atoms with van der Waals surface area (Å²) in [6, 6.07) is -2.86. The number of rotatable bonds is 59. The molecular weight excluding hydrogens is 1290 g/mol. The standard InChI is InChI=1S/C77H149N11O13/c1-15-17-19-21-23-25-27-29-30-31-33-35-37-39-47-61(66(90)85-62(48-40-43-51-78)67(91)79-52-44-38-36-34-32-28-26-24-22-20-18-16-2)65(89)80-55-58-88(59-56-81-68(92)63(86-72(96)100-76(9,10)11)49-41-45-53-83-70(94)98-74(3,4)5)60-57-82-69(93)64(87-73(97)101-77(12,13)14)50-42-46-54-84-71(95)99-75(6,7)8/h61-64H,15-60,78H2,1-14H3,(H,79,91)(H,80,89)(H,81,92)(H,82,93)(H,83,94)(H,84,95)(H,85,90)(H,86,96)(H,87,97)/t61?,62-,63-,64-/m0/s1. The highest BCUT2D eigenvalue weighted by molar-refractivity contribution is 6.01. The van der Waals surface area contributed by atoms with E-state index in [2.05, 4.69) is 61.7 Å². The van der Waals surface area contributed by atoms with Crippen molar-refractivity contribution in [2.75, 3.05) is 65.4 Å². The Morgan fingerprint density at radius 3 is 0.881 bits per heavy atom. The van der Waals surface area contributed by atoms with E-state index in [1.54, 1.807) is 83.1 Å². The summed E-state index contributed by atoms with van der Waals surface area (Å²) in [5, 5.41) is 25.8. The average Bonchev–Trinajstić information content (AvgIpc) is 0.883. The minimum Gasteiger partial charge on any atom is -0.444 e. The number of nitrogens with one attached hydrogen (secondary N) is 9. The maximum atomic E-state index is 14.5. The minimum atomic E-state index is -1.09. The molecular formula is C77H149N11O13. The third-order valence-electron chi connectivity index (χ3n) is 16.8. The largest absolute Gasteiger partial charge is 0.444 e. The molecule has 4 atom stereocenters. The Hall–Kier alpha value is -5.65. The number of carbonyl (C=O) groups is 9. The zero-order valence-electron chi connectivity index (χ0n) is 66.2. The van der Waals surface area contributed by atoms with Gasteiger partial charge in [-0.1, -0.05) is 174 Å². The summed E-state index contributed by atoms with van der Waals surface area (Å²) in [5.41, 5.74) is 2.86. The lowest BCUT2D eigenvalue weighted by molar-refractivity contribution is -0.138. The van der Waals surface area contributed by atoms with Crippen LogP contribution in [-0.2, 0) is 42.9 Å². The van der Waals surface area contributed by atoms with E-state index in [1.165, 1.54) is 116 Å². The van der Waals surface area contributed by atoms with E-state index in [9.17, 15) is 43.2 Å². The smallest absolute Gasteiger partial charge is 0.408 e. The van der Waals surface area contributed by atoms with Gasteiger partial charge >= 0.3 is 24.4 Å². The van der Waals surface area contributed by atoms with Gasteiger partial charge in [-0.05, 0) is 160 Å². The molecule has 590 valence electrons. The zero-order chi connectivity index (χ0) is 75.8. The number of hydrogen-bond donors (Lipinski definition) is 10. The number of amides is 9. The van der Waals surface area contributed by atoms with Gasteiger partial charge in [0.1, 0.15) is 46.4 Å². The molecule has 0 rings (SSSR count). The van der Waals surface area contributed by atoms with Gasteiger partial charge in [-0.15, -0.1) is 0 Å². The summed E-state index contributed by atoms with van der Waals surface area (Å²) in [6.07, 6.45) is 32.1. The van der Waals surface area contributed by atoms with E-state index in [-0.39, 0.29) is 77.5 Å². The molecule has 24 nitrogen and oxygen atoms in total. The Balaban J connectivity index is 6.72. The molecule has 0 aromatic carbocycles. The molecule has 0 aliphatic carbocycles. The topological polar surface area (TPSA) is 328 Å². The van der Waals surface area contributed by atoms with Crippen molar-refractivity contribution in [2.24, 2.45) is 11.7 Å². The quantitative estimate of drug-likeness (QED) is 0.0154. The molecule has 1 unspecified atom stereocenters. The number of unbranched alkanes of at least 4 members (excludes halogenated alkanes) is 27. The SMILES string of the molecule is CCCCCCCCCCCCCCCCC(C(=O)NCCN(CCNC(=O)[C@H](CCCCNC(=O)OC(C)(C)C)NC(=O)OC(C)(C)C)CCNC(=O)[C@H](CCCCNC(=O)OC(C)(C)C)NC(=O)OC(C)(C)C)C(=O)N[C@@H](CCCCN)C(=O)NCCCCCCCCCCCCCC. The van der Waals surface area contributed by atoms with Gasteiger partial charge in [0.2, 0.25) is 29.5 Å². The minimum absolute atomic E-state index is 0.0724. The summed E-state index contributed by atoms with van der Waals surface area (Å²) in [4.78, 5) is 124. The van der Waals surface area contributed by atoms with Crippen LogP contribution in [0.2, 0.25) is 0 Å². The normalized spacial score (nSPS) is 13.0. The number of nitrogens with zero attached hydrogens (tertiary/aromatic N) is 1. The van der Waals surface area contributed by atoms with E-state index < -0.39 is 94.4 Å². The molecule has 0 saturated heterocycles. The fraction of sp³-hybridized carbons (Fsp3) is 0.883. The Labute approximate surface area is 611 Å². The van der Waals surface area contributed by atoms with Gasteiger partial charge in [0, 0.05) is 58.9 Å². The molecule has 11 N–H and O–H groups in total. The Kier molecular flexibility index (Phi) is 54.5. The van der Waals surface area contributed by atoms with Gasteiger partial charge in [0.25, 0.3) is 0 Å². The number of hydrogen-bond acceptors (Lipinski definition) is 15. The van der Waals surface area contributed by atoms with E-state index in [1.807, 2.05) is 4.90 Å².